The molecule has 0 bridgehead atoms. The first-order valence-corrected chi connectivity index (χ1v) is 9.39. The quantitative estimate of drug-likeness (QED) is 0.784. The second-order valence-corrected chi connectivity index (χ2v) is 7.08. The molecule has 0 N–H and O–H groups in total. The van der Waals surface area contributed by atoms with E-state index in [0.717, 1.165) is 0 Å². The van der Waals surface area contributed by atoms with Crippen molar-refractivity contribution in [1.82, 2.24) is 14.9 Å². The van der Waals surface area contributed by atoms with E-state index in [1.165, 1.54) is 0 Å². The molecule has 0 saturated carbocycles. The fourth-order valence-corrected chi connectivity index (χ4v) is 3.81. The Morgan fingerprint density at radius 2 is 1.71 bits per heavy atom. The molecule has 0 unspecified atom stereocenters. The summed E-state index contributed by atoms with van der Waals surface area (Å²) in [6.45, 7) is 3.28. The van der Waals surface area contributed by atoms with Gasteiger partial charge >= 0.3 is 6.18 Å². The lowest BCUT2D eigenvalue weighted by Crippen LogP contribution is -2.47. The number of nitrogens with zero attached hydrogens (tertiary/aromatic N) is 4. The first-order valence-electron chi connectivity index (χ1n) is 9.39. The molecule has 2 aromatic rings. The zero-order chi connectivity index (χ0) is 19.7. The van der Waals surface area contributed by atoms with Gasteiger partial charge in [-0.25, -0.2) is 9.97 Å². The van der Waals surface area contributed by atoms with Gasteiger partial charge in [0.2, 0.25) is 11.7 Å². The van der Waals surface area contributed by atoms with Crippen molar-refractivity contribution in [3.8, 4) is 0 Å². The number of para-hydroxylation sites is 1. The van der Waals surface area contributed by atoms with Gasteiger partial charge in [-0.1, -0.05) is 12.1 Å². The number of hydrogen-bond acceptors (Lipinski definition) is 5. The van der Waals surface area contributed by atoms with Crippen LogP contribution in [0.2, 0.25) is 0 Å². The minimum absolute atomic E-state index is 0.107. The largest absolute Gasteiger partial charge is 0.451 e. The summed E-state index contributed by atoms with van der Waals surface area (Å²) in [7, 11) is 0. The molecule has 1 aromatic carbocycles. The number of carbonyl (C=O) groups excluding carboxylic acids is 1. The number of carbonyl (C=O) groups is 1. The van der Waals surface area contributed by atoms with Crippen molar-refractivity contribution >= 4 is 22.6 Å². The lowest BCUT2D eigenvalue weighted by Gasteiger charge is -2.36. The summed E-state index contributed by atoms with van der Waals surface area (Å²) < 4.78 is 45.0. The SMILES string of the molecule is O=C(C1CCN(c2nc(C(F)(F)F)nc3ccccc23)CC1)N1CCOCC1. The summed E-state index contributed by atoms with van der Waals surface area (Å²) in [5.74, 6) is -0.834. The zero-order valence-electron chi connectivity index (χ0n) is 15.3. The minimum Gasteiger partial charge on any atom is -0.378 e. The van der Waals surface area contributed by atoms with Crippen molar-refractivity contribution in [3.05, 3.63) is 30.1 Å². The van der Waals surface area contributed by atoms with Crippen LogP contribution in [-0.4, -0.2) is 60.2 Å². The maximum atomic E-state index is 13.2. The van der Waals surface area contributed by atoms with Crippen molar-refractivity contribution in [3.63, 3.8) is 0 Å². The second-order valence-electron chi connectivity index (χ2n) is 7.08. The van der Waals surface area contributed by atoms with E-state index in [0.29, 0.717) is 57.6 Å². The molecule has 28 heavy (non-hydrogen) atoms. The summed E-state index contributed by atoms with van der Waals surface area (Å²) in [6, 6.07) is 6.71. The van der Waals surface area contributed by atoms with E-state index in [4.69, 9.17) is 4.74 Å². The molecule has 2 aliphatic heterocycles. The van der Waals surface area contributed by atoms with Crippen molar-refractivity contribution in [2.75, 3.05) is 44.3 Å². The van der Waals surface area contributed by atoms with E-state index in [1.54, 1.807) is 24.3 Å². The lowest BCUT2D eigenvalue weighted by atomic mass is 9.95. The molecule has 0 radical (unpaired) electrons. The molecule has 0 atom stereocenters. The Bertz CT molecular complexity index is 860. The van der Waals surface area contributed by atoms with E-state index < -0.39 is 12.0 Å². The summed E-state index contributed by atoms with van der Waals surface area (Å²) in [5.41, 5.74) is 0.270. The Morgan fingerprint density at radius 1 is 1.04 bits per heavy atom. The number of ether oxygens (including phenoxy) is 1. The van der Waals surface area contributed by atoms with Gasteiger partial charge < -0.3 is 14.5 Å². The number of hydrogen-bond donors (Lipinski definition) is 0. The first-order chi connectivity index (χ1) is 13.4. The molecule has 3 heterocycles. The molecule has 2 saturated heterocycles. The van der Waals surface area contributed by atoms with Crippen LogP contribution in [0.3, 0.4) is 0 Å². The maximum absolute atomic E-state index is 13.2. The van der Waals surface area contributed by atoms with Gasteiger partial charge in [-0.2, -0.15) is 13.2 Å². The van der Waals surface area contributed by atoms with E-state index in [2.05, 4.69) is 9.97 Å². The van der Waals surface area contributed by atoms with Crippen LogP contribution < -0.4 is 4.90 Å². The molecule has 1 aromatic heterocycles. The predicted octanol–water partition coefficient (Wildman–Crippen LogP) is 2.72. The monoisotopic (exact) mass is 394 g/mol. The number of alkyl halides is 3. The van der Waals surface area contributed by atoms with Gasteiger partial charge in [-0.15, -0.1) is 0 Å². The molecule has 4 rings (SSSR count). The second kappa shape index (κ2) is 7.54. The average molecular weight is 394 g/mol. The number of halogens is 3. The highest BCUT2D eigenvalue weighted by atomic mass is 19.4. The lowest BCUT2D eigenvalue weighted by molar-refractivity contribution is -0.144. The fraction of sp³-hybridized carbons (Fsp3) is 0.526. The summed E-state index contributed by atoms with van der Waals surface area (Å²) in [4.78, 5) is 23.8. The molecule has 2 aliphatic rings. The van der Waals surface area contributed by atoms with E-state index in [-0.39, 0.29) is 23.2 Å². The van der Waals surface area contributed by atoms with Gasteiger partial charge in [0.05, 0.1) is 18.7 Å². The van der Waals surface area contributed by atoms with E-state index in [1.807, 2.05) is 9.80 Å². The molecule has 1 amide bonds. The van der Waals surface area contributed by atoms with Crippen LogP contribution in [0.1, 0.15) is 18.7 Å². The van der Waals surface area contributed by atoms with Crippen molar-refractivity contribution < 1.29 is 22.7 Å². The van der Waals surface area contributed by atoms with Crippen LogP contribution in [0.15, 0.2) is 24.3 Å². The van der Waals surface area contributed by atoms with Gasteiger partial charge in [-0.05, 0) is 25.0 Å². The van der Waals surface area contributed by atoms with Crippen LogP contribution in [0.5, 0.6) is 0 Å². The summed E-state index contributed by atoms with van der Waals surface area (Å²) >= 11 is 0. The summed E-state index contributed by atoms with van der Waals surface area (Å²) in [6.07, 6.45) is -3.42. The third-order valence-electron chi connectivity index (χ3n) is 5.30. The normalized spacial score (nSPS) is 19.2. The number of rotatable bonds is 2. The van der Waals surface area contributed by atoms with E-state index in [9.17, 15) is 18.0 Å². The molecule has 0 spiro atoms. The fourth-order valence-electron chi connectivity index (χ4n) is 3.81. The Kier molecular flexibility index (Phi) is 5.09. The van der Waals surface area contributed by atoms with Gasteiger partial charge in [0, 0.05) is 37.5 Å². The maximum Gasteiger partial charge on any atom is 0.451 e. The third-order valence-corrected chi connectivity index (χ3v) is 5.30. The number of benzene rings is 1. The van der Waals surface area contributed by atoms with Crippen LogP contribution in [0.4, 0.5) is 19.0 Å². The highest BCUT2D eigenvalue weighted by Gasteiger charge is 2.37. The molecule has 0 aliphatic carbocycles. The Hall–Kier alpha value is -2.42. The molecular formula is C19H21F3N4O2. The van der Waals surface area contributed by atoms with Crippen molar-refractivity contribution in [2.24, 2.45) is 5.92 Å². The van der Waals surface area contributed by atoms with Gasteiger partial charge in [0.1, 0.15) is 5.82 Å². The van der Waals surface area contributed by atoms with E-state index >= 15 is 0 Å². The number of fused-ring (bicyclic) bond motifs is 1. The van der Waals surface area contributed by atoms with Crippen LogP contribution in [0.25, 0.3) is 10.9 Å². The topological polar surface area (TPSA) is 58.6 Å². The predicted molar refractivity (Wildman–Crippen MR) is 96.9 cm³/mol. The third kappa shape index (κ3) is 3.76. The minimum atomic E-state index is -4.61. The molecule has 2 fully saturated rings. The van der Waals surface area contributed by atoms with Crippen LogP contribution >= 0.6 is 0 Å². The molecule has 9 heteroatoms. The van der Waals surface area contributed by atoms with Gasteiger partial charge in [-0.3, -0.25) is 4.79 Å². The van der Waals surface area contributed by atoms with Gasteiger partial charge in [0.25, 0.3) is 0 Å². The molecule has 150 valence electrons. The van der Waals surface area contributed by atoms with Gasteiger partial charge in [0.15, 0.2) is 0 Å². The zero-order valence-corrected chi connectivity index (χ0v) is 15.3. The Labute approximate surface area is 160 Å². The summed E-state index contributed by atoms with van der Waals surface area (Å²) in [5, 5.41) is 0.591. The Morgan fingerprint density at radius 3 is 2.39 bits per heavy atom. The molecule has 6 nitrogen and oxygen atoms in total. The first kappa shape index (κ1) is 18.9. The highest BCUT2D eigenvalue weighted by Crippen LogP contribution is 2.33. The number of amides is 1. The molecular weight excluding hydrogens is 373 g/mol. The number of piperidine rings is 1. The Balaban J connectivity index is 1.54. The van der Waals surface area contributed by atoms with Crippen LogP contribution in [0, 0.1) is 5.92 Å². The van der Waals surface area contributed by atoms with Crippen LogP contribution in [-0.2, 0) is 15.7 Å². The smallest absolute Gasteiger partial charge is 0.378 e. The van der Waals surface area contributed by atoms with Crippen molar-refractivity contribution in [1.29, 1.82) is 0 Å². The number of aromatic nitrogens is 2. The number of anilines is 1. The standard InChI is InChI=1S/C19H21F3N4O2/c20-19(21,22)18-23-15-4-2-1-3-14(15)16(24-18)25-7-5-13(6-8-25)17(27)26-9-11-28-12-10-26/h1-4,13H,5-12H2. The van der Waals surface area contributed by atoms with Crippen molar-refractivity contribution in [2.45, 2.75) is 19.0 Å². The average Bonchev–Trinajstić information content (AvgIpc) is 2.72. The number of morpholine rings is 1. The highest BCUT2D eigenvalue weighted by molar-refractivity contribution is 5.89.